The maximum Gasteiger partial charge on any atom is 0.100 e. The van der Waals surface area contributed by atoms with E-state index in [2.05, 4.69) is 12.6 Å². The summed E-state index contributed by atoms with van der Waals surface area (Å²) in [7, 11) is 0. The van der Waals surface area contributed by atoms with E-state index in [1.165, 1.54) is 0 Å². The van der Waals surface area contributed by atoms with Crippen molar-refractivity contribution >= 4 is 6.08 Å². The summed E-state index contributed by atoms with van der Waals surface area (Å²) in [6.07, 6.45) is 1.65. The molecular formula is C9H6N. The smallest absolute Gasteiger partial charge is 0.100 e. The first kappa shape index (κ1) is 6.57. The lowest BCUT2D eigenvalue weighted by atomic mass is 10.1. The number of benzene rings is 1. The van der Waals surface area contributed by atoms with Crippen LogP contribution in [0.2, 0.25) is 0 Å². The summed E-state index contributed by atoms with van der Waals surface area (Å²) in [5.74, 6) is 0. The Morgan fingerprint density at radius 2 is 2.50 bits per heavy atom. The van der Waals surface area contributed by atoms with E-state index in [-0.39, 0.29) is 0 Å². The summed E-state index contributed by atoms with van der Waals surface area (Å²) in [4.78, 5) is 0. The first-order valence-corrected chi connectivity index (χ1v) is 2.91. The van der Waals surface area contributed by atoms with E-state index in [1.54, 1.807) is 12.1 Å². The molecule has 0 amide bonds. The summed E-state index contributed by atoms with van der Waals surface area (Å²) >= 11 is 0. The molecule has 0 unspecified atom stereocenters. The Kier molecular flexibility index (Phi) is 1.86. The van der Waals surface area contributed by atoms with Crippen LogP contribution >= 0.6 is 0 Å². The molecular weight excluding hydrogens is 122 g/mol. The van der Waals surface area contributed by atoms with E-state index < -0.39 is 0 Å². The van der Waals surface area contributed by atoms with Crippen LogP contribution < -0.4 is 0 Å². The quantitative estimate of drug-likeness (QED) is 0.567. The lowest BCUT2D eigenvalue weighted by molar-refractivity contribution is 1.47. The van der Waals surface area contributed by atoms with Crippen molar-refractivity contribution in [2.24, 2.45) is 0 Å². The largest absolute Gasteiger partial charge is 0.192 e. The fourth-order valence-electron chi connectivity index (χ4n) is 0.717. The fraction of sp³-hybridized carbons (Fsp3) is 0. The molecule has 0 aromatic heterocycles. The van der Waals surface area contributed by atoms with Crippen molar-refractivity contribution in [3.8, 4) is 6.07 Å². The van der Waals surface area contributed by atoms with Gasteiger partial charge in [-0.15, -0.1) is 0 Å². The van der Waals surface area contributed by atoms with Crippen LogP contribution in [0.5, 0.6) is 0 Å². The van der Waals surface area contributed by atoms with Crippen LogP contribution in [-0.2, 0) is 0 Å². The van der Waals surface area contributed by atoms with Gasteiger partial charge in [0.25, 0.3) is 0 Å². The predicted molar refractivity (Wildman–Crippen MR) is 40.1 cm³/mol. The molecule has 1 rings (SSSR count). The van der Waals surface area contributed by atoms with E-state index in [9.17, 15) is 0 Å². The van der Waals surface area contributed by atoms with Crippen LogP contribution in [0.15, 0.2) is 24.8 Å². The second-order valence-electron chi connectivity index (χ2n) is 1.82. The average Bonchev–Trinajstić information content (AvgIpc) is 2.04. The van der Waals surface area contributed by atoms with Gasteiger partial charge in [0.15, 0.2) is 0 Å². The van der Waals surface area contributed by atoms with Gasteiger partial charge in [-0.25, -0.2) is 0 Å². The molecule has 47 valence electrons. The number of rotatable bonds is 1. The van der Waals surface area contributed by atoms with E-state index in [0.29, 0.717) is 5.56 Å². The zero-order valence-corrected chi connectivity index (χ0v) is 5.46. The molecule has 0 aliphatic rings. The van der Waals surface area contributed by atoms with Gasteiger partial charge in [0.2, 0.25) is 0 Å². The van der Waals surface area contributed by atoms with Crippen LogP contribution in [0, 0.1) is 17.4 Å². The van der Waals surface area contributed by atoms with Gasteiger partial charge in [-0.3, -0.25) is 0 Å². The SMILES string of the molecule is C=Cc1ccc[c]c1C#N. The average molecular weight is 128 g/mol. The summed E-state index contributed by atoms with van der Waals surface area (Å²) < 4.78 is 0. The van der Waals surface area contributed by atoms with Crippen molar-refractivity contribution in [2.45, 2.75) is 0 Å². The lowest BCUT2D eigenvalue weighted by Crippen LogP contribution is -1.78. The van der Waals surface area contributed by atoms with Crippen LogP contribution in [-0.4, -0.2) is 0 Å². The molecule has 1 aromatic carbocycles. The normalized spacial score (nSPS) is 8.30. The predicted octanol–water partition coefficient (Wildman–Crippen LogP) is 2.00. The Labute approximate surface area is 60.2 Å². The third-order valence-electron chi connectivity index (χ3n) is 1.22. The monoisotopic (exact) mass is 128 g/mol. The molecule has 0 aliphatic carbocycles. The van der Waals surface area contributed by atoms with Crippen LogP contribution in [0.25, 0.3) is 6.08 Å². The van der Waals surface area contributed by atoms with Crippen molar-refractivity contribution in [2.75, 3.05) is 0 Å². The van der Waals surface area contributed by atoms with Gasteiger partial charge in [-0.2, -0.15) is 5.26 Å². The fourth-order valence-corrected chi connectivity index (χ4v) is 0.717. The topological polar surface area (TPSA) is 23.8 Å². The minimum atomic E-state index is 0.553. The number of hydrogen-bond donors (Lipinski definition) is 0. The molecule has 0 atom stereocenters. The van der Waals surface area contributed by atoms with Gasteiger partial charge in [-0.05, 0) is 5.56 Å². The maximum absolute atomic E-state index is 8.52. The summed E-state index contributed by atoms with van der Waals surface area (Å²) in [5.41, 5.74) is 1.39. The molecule has 0 fully saturated rings. The Morgan fingerprint density at radius 3 is 3.00 bits per heavy atom. The number of nitrogens with zero attached hydrogens (tertiary/aromatic N) is 1. The number of hydrogen-bond acceptors (Lipinski definition) is 1. The highest BCUT2D eigenvalue weighted by Gasteiger charge is 1.93. The molecule has 10 heavy (non-hydrogen) atoms. The Hall–Kier alpha value is -1.55. The van der Waals surface area contributed by atoms with Gasteiger partial charge in [0, 0.05) is 6.07 Å². The minimum Gasteiger partial charge on any atom is -0.192 e. The van der Waals surface area contributed by atoms with Crippen LogP contribution in [0.4, 0.5) is 0 Å². The van der Waals surface area contributed by atoms with E-state index >= 15 is 0 Å². The highest BCUT2D eigenvalue weighted by Crippen LogP contribution is 2.06. The van der Waals surface area contributed by atoms with E-state index in [1.807, 2.05) is 18.2 Å². The standard InChI is InChI=1S/C9H6N/c1-2-8-5-3-4-6-9(8)7-10/h2-5H,1H2. The second-order valence-corrected chi connectivity index (χ2v) is 1.82. The van der Waals surface area contributed by atoms with Crippen molar-refractivity contribution in [3.05, 3.63) is 42.0 Å². The Bertz CT molecular complexity index is 281. The molecule has 0 saturated carbocycles. The van der Waals surface area contributed by atoms with Crippen molar-refractivity contribution in [1.82, 2.24) is 0 Å². The Morgan fingerprint density at radius 1 is 1.70 bits per heavy atom. The molecule has 0 N–H and O–H groups in total. The van der Waals surface area contributed by atoms with Gasteiger partial charge in [0.1, 0.15) is 6.07 Å². The van der Waals surface area contributed by atoms with Crippen molar-refractivity contribution in [3.63, 3.8) is 0 Å². The van der Waals surface area contributed by atoms with Gasteiger partial charge in [0.05, 0.1) is 5.56 Å². The maximum atomic E-state index is 8.52. The number of nitriles is 1. The van der Waals surface area contributed by atoms with Crippen molar-refractivity contribution in [1.29, 1.82) is 5.26 Å². The molecule has 0 spiro atoms. The first-order valence-electron chi connectivity index (χ1n) is 2.91. The second kappa shape index (κ2) is 2.84. The molecule has 1 aromatic rings. The molecule has 0 saturated heterocycles. The van der Waals surface area contributed by atoms with Crippen LogP contribution in [0.1, 0.15) is 11.1 Å². The van der Waals surface area contributed by atoms with E-state index in [4.69, 9.17) is 5.26 Å². The van der Waals surface area contributed by atoms with E-state index in [0.717, 1.165) is 5.56 Å². The molecule has 0 bridgehead atoms. The van der Waals surface area contributed by atoms with Crippen LogP contribution in [0.3, 0.4) is 0 Å². The molecule has 0 aliphatic heterocycles. The lowest BCUT2D eigenvalue weighted by Gasteiger charge is -1.91. The minimum absolute atomic E-state index is 0.553. The van der Waals surface area contributed by atoms with Gasteiger partial charge in [-0.1, -0.05) is 30.9 Å². The first-order chi connectivity index (χ1) is 4.88. The third-order valence-corrected chi connectivity index (χ3v) is 1.22. The Balaban J connectivity index is 3.24. The summed E-state index contributed by atoms with van der Waals surface area (Å²) in [5, 5.41) is 8.52. The van der Waals surface area contributed by atoms with Gasteiger partial charge >= 0.3 is 0 Å². The zero-order valence-electron chi connectivity index (χ0n) is 5.46. The molecule has 1 heteroatoms. The molecule has 1 nitrogen and oxygen atoms in total. The van der Waals surface area contributed by atoms with Gasteiger partial charge < -0.3 is 0 Å². The summed E-state index contributed by atoms with van der Waals surface area (Å²) in [6, 6.07) is 10.2. The molecule has 1 radical (unpaired) electrons. The van der Waals surface area contributed by atoms with Crippen molar-refractivity contribution < 1.29 is 0 Å². The highest BCUT2D eigenvalue weighted by atomic mass is 14.2. The third kappa shape index (κ3) is 1.06. The summed E-state index contributed by atoms with van der Waals surface area (Å²) in [6.45, 7) is 3.57. The zero-order chi connectivity index (χ0) is 7.40. The molecule has 0 heterocycles. The highest BCUT2D eigenvalue weighted by molar-refractivity contribution is 5.55.